The van der Waals surface area contributed by atoms with Crippen molar-refractivity contribution >= 4 is 29.2 Å². The van der Waals surface area contributed by atoms with Crippen LogP contribution in [0, 0.1) is 0 Å². The first-order valence-corrected chi connectivity index (χ1v) is 5.58. The van der Waals surface area contributed by atoms with Crippen molar-refractivity contribution in [3.05, 3.63) is 40.5 Å². The summed E-state index contributed by atoms with van der Waals surface area (Å²) in [5.41, 5.74) is 0. The summed E-state index contributed by atoms with van der Waals surface area (Å²) >= 11 is 11.8. The molecule has 2 aromatic rings. The molecular formula is C11H9Cl2N3O. The van der Waals surface area contributed by atoms with Crippen LogP contribution >= 0.6 is 23.2 Å². The zero-order valence-corrected chi connectivity index (χ0v) is 10.5. The molecule has 6 heteroatoms. The SMILES string of the molecule is CNc1ncc(Cl)c(Oc2cccc(Cl)c2)n1. The van der Waals surface area contributed by atoms with Crippen molar-refractivity contribution in [1.29, 1.82) is 0 Å². The van der Waals surface area contributed by atoms with Gasteiger partial charge in [0, 0.05) is 12.1 Å². The summed E-state index contributed by atoms with van der Waals surface area (Å²) < 4.78 is 5.52. The zero-order valence-electron chi connectivity index (χ0n) is 8.95. The van der Waals surface area contributed by atoms with E-state index in [0.29, 0.717) is 21.7 Å². The number of nitrogens with zero attached hydrogens (tertiary/aromatic N) is 2. The number of halogens is 2. The molecule has 0 saturated carbocycles. The van der Waals surface area contributed by atoms with Gasteiger partial charge in [-0.25, -0.2) is 4.98 Å². The second-order valence-electron chi connectivity index (χ2n) is 3.16. The molecule has 4 nitrogen and oxygen atoms in total. The molecule has 0 saturated heterocycles. The van der Waals surface area contributed by atoms with Gasteiger partial charge in [0.1, 0.15) is 10.8 Å². The van der Waals surface area contributed by atoms with Gasteiger partial charge in [0.25, 0.3) is 0 Å². The predicted molar refractivity (Wildman–Crippen MR) is 68.1 cm³/mol. The van der Waals surface area contributed by atoms with Gasteiger partial charge in [-0.15, -0.1) is 0 Å². The highest BCUT2D eigenvalue weighted by Crippen LogP contribution is 2.28. The maximum absolute atomic E-state index is 5.93. The Morgan fingerprint density at radius 1 is 1.29 bits per heavy atom. The highest BCUT2D eigenvalue weighted by Gasteiger charge is 2.07. The Hall–Kier alpha value is -1.52. The molecule has 17 heavy (non-hydrogen) atoms. The van der Waals surface area contributed by atoms with Crippen LogP contribution in [0.2, 0.25) is 10.0 Å². The van der Waals surface area contributed by atoms with Gasteiger partial charge < -0.3 is 10.1 Å². The Labute approximate surface area is 109 Å². The van der Waals surface area contributed by atoms with Crippen molar-refractivity contribution < 1.29 is 4.74 Å². The van der Waals surface area contributed by atoms with Crippen LogP contribution in [0.5, 0.6) is 11.6 Å². The van der Waals surface area contributed by atoms with Crippen molar-refractivity contribution in [3.63, 3.8) is 0 Å². The molecule has 1 aromatic heterocycles. The lowest BCUT2D eigenvalue weighted by Crippen LogP contribution is -1.98. The maximum atomic E-state index is 5.93. The van der Waals surface area contributed by atoms with Crippen LogP contribution in [0.25, 0.3) is 0 Å². The molecule has 1 N–H and O–H groups in total. The third-order valence-corrected chi connectivity index (χ3v) is 2.44. The summed E-state index contributed by atoms with van der Waals surface area (Å²) in [7, 11) is 1.71. The summed E-state index contributed by atoms with van der Waals surface area (Å²) in [4.78, 5) is 8.05. The summed E-state index contributed by atoms with van der Waals surface area (Å²) in [5, 5.41) is 3.73. The minimum absolute atomic E-state index is 0.285. The fraction of sp³-hybridized carbons (Fsp3) is 0.0909. The lowest BCUT2D eigenvalue weighted by Gasteiger charge is -2.07. The molecular weight excluding hydrogens is 261 g/mol. The van der Waals surface area contributed by atoms with Crippen LogP contribution in [-0.2, 0) is 0 Å². The fourth-order valence-electron chi connectivity index (χ4n) is 1.19. The maximum Gasteiger partial charge on any atom is 0.243 e. The van der Waals surface area contributed by atoms with Crippen molar-refractivity contribution in [1.82, 2.24) is 9.97 Å². The van der Waals surface area contributed by atoms with Crippen LogP contribution in [0.3, 0.4) is 0 Å². The van der Waals surface area contributed by atoms with Crippen LogP contribution in [0.4, 0.5) is 5.95 Å². The van der Waals surface area contributed by atoms with Gasteiger partial charge in [-0.05, 0) is 18.2 Å². The first-order valence-electron chi connectivity index (χ1n) is 4.83. The molecule has 0 aliphatic carbocycles. The topological polar surface area (TPSA) is 47.0 Å². The van der Waals surface area contributed by atoms with E-state index in [4.69, 9.17) is 27.9 Å². The minimum atomic E-state index is 0.285. The average Bonchev–Trinajstić information content (AvgIpc) is 2.32. The van der Waals surface area contributed by atoms with Crippen molar-refractivity contribution in [2.45, 2.75) is 0 Å². The van der Waals surface area contributed by atoms with Gasteiger partial charge >= 0.3 is 0 Å². The lowest BCUT2D eigenvalue weighted by molar-refractivity contribution is 0.463. The largest absolute Gasteiger partial charge is 0.437 e. The van der Waals surface area contributed by atoms with Crippen molar-refractivity contribution in [3.8, 4) is 11.6 Å². The molecule has 0 unspecified atom stereocenters. The van der Waals surface area contributed by atoms with Gasteiger partial charge in [0.15, 0.2) is 0 Å². The van der Waals surface area contributed by atoms with E-state index in [-0.39, 0.29) is 5.88 Å². The Bertz CT molecular complexity index is 534. The highest BCUT2D eigenvalue weighted by molar-refractivity contribution is 6.31. The number of nitrogens with one attached hydrogen (secondary N) is 1. The van der Waals surface area contributed by atoms with Crippen LogP contribution in [-0.4, -0.2) is 17.0 Å². The van der Waals surface area contributed by atoms with E-state index in [1.54, 1.807) is 31.3 Å². The first kappa shape index (κ1) is 12.0. The number of aromatic nitrogens is 2. The molecule has 0 radical (unpaired) electrons. The van der Waals surface area contributed by atoms with Gasteiger partial charge in [0.05, 0.1) is 6.20 Å². The van der Waals surface area contributed by atoms with Gasteiger partial charge in [0.2, 0.25) is 11.8 Å². The number of hydrogen-bond acceptors (Lipinski definition) is 4. The Kier molecular flexibility index (Phi) is 3.66. The van der Waals surface area contributed by atoms with E-state index < -0.39 is 0 Å². The van der Waals surface area contributed by atoms with Crippen molar-refractivity contribution in [2.75, 3.05) is 12.4 Å². The smallest absolute Gasteiger partial charge is 0.243 e. The van der Waals surface area contributed by atoms with Crippen LogP contribution in [0.1, 0.15) is 0 Å². The zero-order chi connectivity index (χ0) is 12.3. The fourth-order valence-corrected chi connectivity index (χ4v) is 1.50. The molecule has 2 rings (SSSR count). The van der Waals surface area contributed by atoms with Crippen molar-refractivity contribution in [2.24, 2.45) is 0 Å². The van der Waals surface area contributed by atoms with Gasteiger partial charge in [-0.2, -0.15) is 4.98 Å². The van der Waals surface area contributed by atoms with E-state index in [9.17, 15) is 0 Å². The summed E-state index contributed by atoms with van der Waals surface area (Å²) in [6.45, 7) is 0. The van der Waals surface area contributed by atoms with E-state index in [1.807, 2.05) is 0 Å². The monoisotopic (exact) mass is 269 g/mol. The third-order valence-electron chi connectivity index (χ3n) is 1.95. The van der Waals surface area contributed by atoms with Gasteiger partial charge in [-0.1, -0.05) is 29.3 Å². The van der Waals surface area contributed by atoms with Crippen LogP contribution in [0.15, 0.2) is 30.5 Å². The molecule has 0 spiro atoms. The van der Waals surface area contributed by atoms with E-state index in [2.05, 4.69) is 15.3 Å². The third kappa shape index (κ3) is 2.99. The molecule has 0 bridgehead atoms. The first-order chi connectivity index (χ1) is 8.19. The molecule has 0 amide bonds. The van der Waals surface area contributed by atoms with Gasteiger partial charge in [-0.3, -0.25) is 0 Å². The Morgan fingerprint density at radius 2 is 2.12 bits per heavy atom. The Balaban J connectivity index is 2.29. The number of benzene rings is 1. The van der Waals surface area contributed by atoms with E-state index in [1.165, 1.54) is 6.20 Å². The van der Waals surface area contributed by atoms with Crippen LogP contribution < -0.4 is 10.1 Å². The second-order valence-corrected chi connectivity index (χ2v) is 4.00. The molecule has 0 aliphatic rings. The number of anilines is 1. The molecule has 88 valence electrons. The molecule has 1 heterocycles. The summed E-state index contributed by atoms with van der Waals surface area (Å²) in [6, 6.07) is 6.99. The number of rotatable bonds is 3. The molecule has 0 atom stereocenters. The standard InChI is InChI=1S/C11H9Cl2N3O/c1-14-11-15-6-9(13)10(16-11)17-8-4-2-3-7(12)5-8/h2-6H,1H3,(H,14,15,16). The summed E-state index contributed by atoms with van der Waals surface area (Å²) in [6.07, 6.45) is 1.47. The normalized spacial score (nSPS) is 10.1. The number of ether oxygens (including phenoxy) is 1. The average molecular weight is 270 g/mol. The number of hydrogen-bond donors (Lipinski definition) is 1. The molecule has 1 aromatic carbocycles. The minimum Gasteiger partial charge on any atom is -0.437 e. The molecule has 0 fully saturated rings. The quantitative estimate of drug-likeness (QED) is 0.925. The van der Waals surface area contributed by atoms with E-state index in [0.717, 1.165) is 0 Å². The van der Waals surface area contributed by atoms with E-state index >= 15 is 0 Å². The highest BCUT2D eigenvalue weighted by atomic mass is 35.5. The predicted octanol–water partition coefficient (Wildman–Crippen LogP) is 3.62. The second kappa shape index (κ2) is 5.21. The Morgan fingerprint density at radius 3 is 2.82 bits per heavy atom. The summed E-state index contributed by atoms with van der Waals surface area (Å²) in [5.74, 6) is 1.29. The lowest BCUT2D eigenvalue weighted by atomic mass is 10.3. The molecule has 0 aliphatic heterocycles.